The Morgan fingerprint density at radius 3 is 2.70 bits per heavy atom. The van der Waals surface area contributed by atoms with Gasteiger partial charge in [0.2, 0.25) is 0 Å². The molecule has 0 aliphatic carbocycles. The van der Waals surface area contributed by atoms with Gasteiger partial charge in [-0.2, -0.15) is 5.10 Å². The molecule has 2 aromatic rings. The summed E-state index contributed by atoms with van der Waals surface area (Å²) < 4.78 is 13.3. The second kappa shape index (κ2) is 8.30. The van der Waals surface area contributed by atoms with Gasteiger partial charge in [-0.15, -0.1) is 11.3 Å². The van der Waals surface area contributed by atoms with E-state index >= 15 is 0 Å². The number of benzene rings is 1. The molecule has 1 aliphatic heterocycles. The number of amides is 3. The minimum atomic E-state index is -0.329. The highest BCUT2D eigenvalue weighted by atomic mass is 32.1. The highest BCUT2D eigenvalue weighted by Gasteiger charge is 2.34. The van der Waals surface area contributed by atoms with Gasteiger partial charge in [0.1, 0.15) is 12.4 Å². The van der Waals surface area contributed by atoms with Crippen LogP contribution in [0.4, 0.5) is 9.18 Å². The highest BCUT2D eigenvalue weighted by molar-refractivity contribution is 7.12. The van der Waals surface area contributed by atoms with Gasteiger partial charge >= 0.3 is 6.03 Å². The van der Waals surface area contributed by atoms with Crippen LogP contribution in [-0.4, -0.2) is 47.7 Å². The van der Waals surface area contributed by atoms with E-state index in [1.54, 1.807) is 30.5 Å². The molecule has 0 saturated heterocycles. The van der Waals surface area contributed by atoms with E-state index in [1.807, 2.05) is 24.4 Å². The van der Waals surface area contributed by atoms with Crippen molar-refractivity contribution in [3.05, 3.63) is 58.0 Å². The topological polar surface area (TPSA) is 65.0 Å². The summed E-state index contributed by atoms with van der Waals surface area (Å²) in [6.07, 6.45) is 0.544. The lowest BCUT2D eigenvalue weighted by Gasteiger charge is -2.25. The van der Waals surface area contributed by atoms with Crippen molar-refractivity contribution in [2.24, 2.45) is 5.10 Å². The van der Waals surface area contributed by atoms with Crippen LogP contribution in [0, 0.1) is 5.82 Å². The number of nitrogens with one attached hydrogen (secondary N) is 1. The van der Waals surface area contributed by atoms with Crippen LogP contribution < -0.4 is 5.32 Å². The lowest BCUT2D eigenvalue weighted by molar-refractivity contribution is -0.133. The molecule has 0 spiro atoms. The van der Waals surface area contributed by atoms with Crippen molar-refractivity contribution in [1.29, 1.82) is 0 Å². The summed E-state index contributed by atoms with van der Waals surface area (Å²) in [5.74, 6) is -0.616. The summed E-state index contributed by atoms with van der Waals surface area (Å²) in [7, 11) is 1.57. The molecule has 8 heteroatoms. The molecule has 1 unspecified atom stereocenters. The Bertz CT molecular complexity index is 836. The van der Waals surface area contributed by atoms with Crippen molar-refractivity contribution in [3.8, 4) is 0 Å². The molecule has 3 rings (SSSR count). The average molecular weight is 388 g/mol. The molecule has 1 N–H and O–H groups in total. The zero-order valence-electron chi connectivity index (χ0n) is 15.2. The summed E-state index contributed by atoms with van der Waals surface area (Å²) >= 11 is 1.56. The average Bonchev–Trinajstić information content (AvgIpc) is 3.32. The molecule has 1 aromatic heterocycles. The minimum Gasteiger partial charge on any atom is -0.338 e. The van der Waals surface area contributed by atoms with Crippen molar-refractivity contribution in [1.82, 2.24) is 15.2 Å². The SMILES string of the molecule is CCNC(=O)N(C)CC(=O)N1N=C(c2cccs2)CC1c1ccc(F)cc1. The third kappa shape index (κ3) is 4.33. The van der Waals surface area contributed by atoms with Gasteiger partial charge in [-0.3, -0.25) is 4.79 Å². The fraction of sp³-hybridized carbons (Fsp3) is 0.316. The molecule has 6 nitrogen and oxygen atoms in total. The first-order chi connectivity index (χ1) is 13.0. The largest absolute Gasteiger partial charge is 0.338 e. The van der Waals surface area contributed by atoms with Crippen molar-refractivity contribution < 1.29 is 14.0 Å². The summed E-state index contributed by atoms with van der Waals surface area (Å²) in [6, 6.07) is 9.34. The van der Waals surface area contributed by atoms with Crippen molar-refractivity contribution in [2.45, 2.75) is 19.4 Å². The molecule has 0 radical (unpaired) electrons. The molecule has 1 aliphatic rings. The molecule has 0 bridgehead atoms. The Balaban J connectivity index is 1.83. The number of thiophene rings is 1. The summed E-state index contributed by atoms with van der Waals surface area (Å²) in [4.78, 5) is 27.1. The van der Waals surface area contributed by atoms with Gasteiger partial charge < -0.3 is 10.2 Å². The number of hydrogen-bond acceptors (Lipinski definition) is 4. The lowest BCUT2D eigenvalue weighted by atomic mass is 10.0. The number of hydrazone groups is 1. The van der Waals surface area contributed by atoms with Gasteiger partial charge in [0.15, 0.2) is 0 Å². The molecule has 3 amide bonds. The number of carbonyl (C=O) groups excluding carboxylic acids is 2. The standard InChI is InChI=1S/C19H21FN4O2S/c1-3-21-19(26)23(2)12-18(25)24-16(13-6-8-14(20)9-7-13)11-15(22-24)17-5-4-10-27-17/h4-10,16H,3,11-12H2,1-2H3,(H,21,26). The maximum atomic E-state index is 13.3. The maximum Gasteiger partial charge on any atom is 0.317 e. The Kier molecular flexibility index (Phi) is 5.85. The zero-order chi connectivity index (χ0) is 19.4. The lowest BCUT2D eigenvalue weighted by Crippen LogP contribution is -2.43. The summed E-state index contributed by atoms with van der Waals surface area (Å²) in [5.41, 5.74) is 1.62. The van der Waals surface area contributed by atoms with Crippen LogP contribution in [0.2, 0.25) is 0 Å². The van der Waals surface area contributed by atoms with E-state index < -0.39 is 0 Å². The number of nitrogens with zero attached hydrogens (tertiary/aromatic N) is 3. The van der Waals surface area contributed by atoms with Crippen LogP contribution in [0.5, 0.6) is 0 Å². The summed E-state index contributed by atoms with van der Waals surface area (Å²) in [6.45, 7) is 2.21. The Labute approximate surface area is 161 Å². The number of hydrogen-bond donors (Lipinski definition) is 1. The van der Waals surface area contributed by atoms with Crippen molar-refractivity contribution >= 4 is 29.0 Å². The van der Waals surface area contributed by atoms with E-state index in [4.69, 9.17) is 0 Å². The molecule has 1 atom stereocenters. The van der Waals surface area contributed by atoms with Gasteiger partial charge in [-0.1, -0.05) is 18.2 Å². The molecular formula is C19H21FN4O2S. The number of carbonyl (C=O) groups is 2. The maximum absolute atomic E-state index is 13.3. The molecule has 0 fully saturated rings. The van der Waals surface area contributed by atoms with Crippen molar-refractivity contribution in [2.75, 3.05) is 20.1 Å². The van der Waals surface area contributed by atoms with Crippen molar-refractivity contribution in [3.63, 3.8) is 0 Å². The zero-order valence-corrected chi connectivity index (χ0v) is 16.0. The monoisotopic (exact) mass is 388 g/mol. The second-order valence-electron chi connectivity index (χ2n) is 6.23. The van der Waals surface area contributed by atoms with Crippen LogP contribution in [-0.2, 0) is 4.79 Å². The minimum absolute atomic E-state index is 0.0925. The normalized spacial score (nSPS) is 16.2. The molecule has 0 saturated carbocycles. The van der Waals surface area contributed by atoms with E-state index in [9.17, 15) is 14.0 Å². The third-order valence-corrected chi connectivity index (χ3v) is 5.19. The molecule has 142 valence electrons. The van der Waals surface area contributed by atoms with E-state index in [2.05, 4.69) is 10.4 Å². The number of urea groups is 1. The van der Waals surface area contributed by atoms with Crippen LogP contribution in [0.3, 0.4) is 0 Å². The van der Waals surface area contributed by atoms with Gasteiger partial charge in [0.05, 0.1) is 16.6 Å². The number of halogens is 1. The van der Waals surface area contributed by atoms with Gasteiger partial charge in [0.25, 0.3) is 5.91 Å². The van der Waals surface area contributed by atoms with Gasteiger partial charge in [0, 0.05) is 20.0 Å². The predicted molar refractivity (Wildman–Crippen MR) is 103 cm³/mol. The van der Waals surface area contributed by atoms with E-state index in [0.29, 0.717) is 13.0 Å². The fourth-order valence-corrected chi connectivity index (χ4v) is 3.63. The van der Waals surface area contributed by atoms with Crippen LogP contribution >= 0.6 is 11.3 Å². The number of rotatable bonds is 5. The third-order valence-electron chi connectivity index (χ3n) is 4.27. The number of likely N-dealkylation sites (N-methyl/N-ethyl adjacent to an activating group) is 1. The Morgan fingerprint density at radius 1 is 1.33 bits per heavy atom. The van der Waals surface area contributed by atoms with E-state index in [1.165, 1.54) is 22.0 Å². The molecule has 1 aromatic carbocycles. The first kappa shape index (κ1) is 19.0. The predicted octanol–water partition coefficient (Wildman–Crippen LogP) is 3.23. The van der Waals surface area contributed by atoms with E-state index in [0.717, 1.165) is 16.2 Å². The van der Waals surface area contributed by atoms with Gasteiger partial charge in [-0.25, -0.2) is 14.2 Å². The van der Waals surface area contributed by atoms with Crippen LogP contribution in [0.15, 0.2) is 46.9 Å². The molecular weight excluding hydrogens is 367 g/mol. The fourth-order valence-electron chi connectivity index (χ4n) is 2.91. The van der Waals surface area contributed by atoms with E-state index in [-0.39, 0.29) is 30.3 Å². The first-order valence-corrected chi connectivity index (χ1v) is 9.55. The quantitative estimate of drug-likeness (QED) is 0.855. The smallest absolute Gasteiger partial charge is 0.317 e. The molecule has 27 heavy (non-hydrogen) atoms. The second-order valence-corrected chi connectivity index (χ2v) is 7.17. The highest BCUT2D eigenvalue weighted by Crippen LogP contribution is 2.33. The van der Waals surface area contributed by atoms with Gasteiger partial charge in [-0.05, 0) is 36.1 Å². The summed E-state index contributed by atoms with van der Waals surface area (Å²) in [5, 5.41) is 10.6. The van der Waals surface area contributed by atoms with Crippen LogP contribution in [0.25, 0.3) is 0 Å². The Morgan fingerprint density at radius 2 is 2.07 bits per heavy atom. The van der Waals surface area contributed by atoms with Crippen LogP contribution in [0.1, 0.15) is 29.8 Å². The Hall–Kier alpha value is -2.74. The molecule has 2 heterocycles. The first-order valence-electron chi connectivity index (χ1n) is 8.67.